The molecule has 0 aromatic rings. The van der Waals surface area contributed by atoms with Crippen LogP contribution in [0.2, 0.25) is 0 Å². The lowest BCUT2D eigenvalue weighted by atomic mass is 9.93. The molecule has 0 bridgehead atoms. The molecule has 280 valence electrons. The average molecular weight is 713 g/mol. The molecule has 0 rings (SSSR count). The molecule has 0 amide bonds. The van der Waals surface area contributed by atoms with Crippen LogP contribution in [-0.2, 0) is 38.4 Å². The summed E-state index contributed by atoms with van der Waals surface area (Å²) in [5, 5.41) is 94.8. The van der Waals surface area contributed by atoms with Gasteiger partial charge in [-0.25, -0.2) is 38.4 Å². The SMILES string of the molecule is C=CC(=O)O.C=CC(=O)O.C=CC(=O)O.C=CC(=O)O.C=CC(=O)O.C=CC(=O)O.C=CC(=O)O.C=CC(=O)O.OCC(CO)(CO)CO. The molecule has 49 heavy (non-hydrogen) atoms. The summed E-state index contributed by atoms with van der Waals surface area (Å²) in [6, 6.07) is 0. The third kappa shape index (κ3) is 140. The first kappa shape index (κ1) is 65.2. The molecule has 0 atom stereocenters. The second-order valence-corrected chi connectivity index (χ2v) is 6.47. The van der Waals surface area contributed by atoms with Gasteiger partial charge in [0.15, 0.2) is 0 Å². The van der Waals surface area contributed by atoms with Gasteiger partial charge in [0, 0.05) is 48.6 Å². The Labute approximate surface area is 280 Å². The van der Waals surface area contributed by atoms with Crippen molar-refractivity contribution in [1.29, 1.82) is 0 Å². The van der Waals surface area contributed by atoms with Crippen LogP contribution in [0.3, 0.4) is 0 Å². The lowest BCUT2D eigenvalue weighted by molar-refractivity contribution is -0.132. The molecule has 0 aliphatic heterocycles. The number of aliphatic carboxylic acids is 8. The van der Waals surface area contributed by atoms with E-state index in [-0.39, 0.29) is 0 Å². The van der Waals surface area contributed by atoms with E-state index in [1.54, 1.807) is 0 Å². The van der Waals surface area contributed by atoms with E-state index in [1.807, 2.05) is 0 Å². The second kappa shape index (κ2) is 54.0. The second-order valence-electron chi connectivity index (χ2n) is 6.47. The van der Waals surface area contributed by atoms with E-state index >= 15 is 0 Å². The molecule has 20 nitrogen and oxygen atoms in total. The van der Waals surface area contributed by atoms with Gasteiger partial charge in [-0.15, -0.1) is 0 Å². The maximum atomic E-state index is 9.25. The van der Waals surface area contributed by atoms with Gasteiger partial charge in [-0.1, -0.05) is 52.6 Å². The van der Waals surface area contributed by atoms with Crippen molar-refractivity contribution in [3.8, 4) is 0 Å². The largest absolute Gasteiger partial charge is 0.478 e. The van der Waals surface area contributed by atoms with Gasteiger partial charge in [0.2, 0.25) is 0 Å². The standard InChI is InChI=1S/C5H12O4.8C3H4O2/c6-1-5(2-7,3-8)4-9;8*1-2-3(4)5/h6-9H,1-4H2;8*2H,1H2,(H,4,5). The number of carboxylic acids is 8. The molecule has 20 heteroatoms. The van der Waals surface area contributed by atoms with Crippen molar-refractivity contribution in [2.45, 2.75) is 0 Å². The first-order valence-electron chi connectivity index (χ1n) is 11.7. The number of carboxylic acid groups (broad SMARTS) is 8. The van der Waals surface area contributed by atoms with E-state index in [0.29, 0.717) is 0 Å². The molecule has 0 spiro atoms. The van der Waals surface area contributed by atoms with Gasteiger partial charge in [-0.05, 0) is 0 Å². The van der Waals surface area contributed by atoms with Gasteiger partial charge in [0.05, 0.1) is 31.8 Å². The molecule has 0 aromatic carbocycles. The summed E-state index contributed by atoms with van der Waals surface area (Å²) >= 11 is 0. The van der Waals surface area contributed by atoms with Crippen molar-refractivity contribution in [3.63, 3.8) is 0 Å². The van der Waals surface area contributed by atoms with Gasteiger partial charge < -0.3 is 61.3 Å². The molecule has 0 unspecified atom stereocenters. The smallest absolute Gasteiger partial charge is 0.327 e. The van der Waals surface area contributed by atoms with Crippen LogP contribution in [0.4, 0.5) is 0 Å². The summed E-state index contributed by atoms with van der Waals surface area (Å²) < 4.78 is 0. The summed E-state index contributed by atoms with van der Waals surface area (Å²) in [6.07, 6.45) is 6.67. The minimum Gasteiger partial charge on any atom is -0.478 e. The number of aliphatic hydroxyl groups is 4. The Morgan fingerprint density at radius 2 is 0.367 bits per heavy atom. The Balaban J connectivity index is -0.0000000530. The van der Waals surface area contributed by atoms with Crippen LogP contribution >= 0.6 is 0 Å². The monoisotopic (exact) mass is 712 g/mol. The van der Waals surface area contributed by atoms with Crippen molar-refractivity contribution in [2.24, 2.45) is 5.41 Å². The molecule has 0 aliphatic carbocycles. The van der Waals surface area contributed by atoms with Gasteiger partial charge >= 0.3 is 47.8 Å². The Bertz CT molecular complexity index is 803. The average Bonchev–Trinajstić information content (AvgIpc) is 3.07. The predicted octanol–water partition coefficient (Wildman–Crippen LogP) is -0.00200. The summed E-state index contributed by atoms with van der Waals surface area (Å²) in [7, 11) is 0. The summed E-state index contributed by atoms with van der Waals surface area (Å²) in [6.45, 7) is 22.1. The zero-order valence-electron chi connectivity index (χ0n) is 26.2. The molecule has 0 aromatic heterocycles. The Morgan fingerprint density at radius 3 is 0.367 bits per heavy atom. The normalized spacial score (nSPS) is 7.43. The van der Waals surface area contributed by atoms with Crippen LogP contribution < -0.4 is 0 Å². The van der Waals surface area contributed by atoms with Crippen LogP contribution in [0.1, 0.15) is 0 Å². The number of hydrogen-bond donors (Lipinski definition) is 12. The first-order valence-corrected chi connectivity index (χ1v) is 11.7. The maximum absolute atomic E-state index is 9.25. The first-order chi connectivity index (χ1) is 22.4. The van der Waals surface area contributed by atoms with Gasteiger partial charge in [0.1, 0.15) is 0 Å². The number of hydrogen-bond acceptors (Lipinski definition) is 12. The highest BCUT2D eigenvalue weighted by molar-refractivity contribution is 5.80. The summed E-state index contributed by atoms with van der Waals surface area (Å²) in [5.41, 5.74) is -1.11. The van der Waals surface area contributed by atoms with Crippen LogP contribution in [0.15, 0.2) is 101 Å². The Hall–Kier alpha value is -6.48. The van der Waals surface area contributed by atoms with Gasteiger partial charge in [0.25, 0.3) is 0 Å². The van der Waals surface area contributed by atoms with E-state index in [9.17, 15) is 38.4 Å². The number of carbonyl (C=O) groups is 8. The van der Waals surface area contributed by atoms with Crippen LogP contribution in [0, 0.1) is 5.41 Å². The van der Waals surface area contributed by atoms with E-state index in [2.05, 4.69) is 52.6 Å². The molecule has 0 heterocycles. The number of rotatable bonds is 12. The van der Waals surface area contributed by atoms with Crippen molar-refractivity contribution in [1.82, 2.24) is 0 Å². The highest BCUT2D eigenvalue weighted by atomic mass is 16.4. The highest BCUT2D eigenvalue weighted by Crippen LogP contribution is 2.11. The fourth-order valence-electron chi connectivity index (χ4n) is 0.300. The fraction of sp³-hybridized carbons (Fsp3) is 0.172. The molecule has 0 fully saturated rings. The van der Waals surface area contributed by atoms with E-state index < -0.39 is 79.6 Å². The quantitative estimate of drug-likeness (QED) is 0.118. The Morgan fingerprint density at radius 1 is 0.306 bits per heavy atom. The minimum atomic E-state index is -1.11. The summed E-state index contributed by atoms with van der Waals surface area (Å²) in [4.78, 5) is 74.0. The van der Waals surface area contributed by atoms with Crippen molar-refractivity contribution < 1.29 is 99.6 Å². The predicted molar refractivity (Wildman–Crippen MR) is 173 cm³/mol. The lowest BCUT2D eigenvalue weighted by Crippen LogP contribution is -2.37. The third-order valence-corrected chi connectivity index (χ3v) is 2.74. The van der Waals surface area contributed by atoms with Gasteiger partial charge in [-0.3, -0.25) is 0 Å². The highest BCUT2D eigenvalue weighted by Gasteiger charge is 2.26. The van der Waals surface area contributed by atoms with Crippen LogP contribution in [0.5, 0.6) is 0 Å². The van der Waals surface area contributed by atoms with Crippen molar-refractivity contribution in [3.05, 3.63) is 101 Å². The van der Waals surface area contributed by atoms with E-state index in [0.717, 1.165) is 48.6 Å². The molecule has 0 saturated heterocycles. The Kier molecular flexibility index (Phi) is 71.9. The van der Waals surface area contributed by atoms with Gasteiger partial charge in [-0.2, -0.15) is 0 Å². The molecule has 0 saturated carbocycles. The molecule has 12 N–H and O–H groups in total. The third-order valence-electron chi connectivity index (χ3n) is 2.74. The van der Waals surface area contributed by atoms with Crippen LogP contribution in [0.25, 0.3) is 0 Å². The van der Waals surface area contributed by atoms with E-state index in [4.69, 9.17) is 61.3 Å². The minimum absolute atomic E-state index is 0.406. The zero-order valence-corrected chi connectivity index (χ0v) is 26.2. The molecule has 0 radical (unpaired) electrons. The molecular weight excluding hydrogens is 668 g/mol. The topological polar surface area (TPSA) is 379 Å². The lowest BCUT2D eigenvalue weighted by Gasteiger charge is -2.23. The number of aliphatic hydroxyl groups excluding tert-OH is 4. The van der Waals surface area contributed by atoms with Crippen molar-refractivity contribution in [2.75, 3.05) is 26.4 Å². The maximum Gasteiger partial charge on any atom is 0.327 e. The van der Waals surface area contributed by atoms with Crippen LogP contribution in [-0.4, -0.2) is 135 Å². The van der Waals surface area contributed by atoms with E-state index in [1.165, 1.54) is 0 Å². The molecular formula is C29H44O20. The molecule has 0 aliphatic rings. The zero-order chi connectivity index (χ0) is 41.6. The summed E-state index contributed by atoms with van der Waals surface area (Å²) in [5.74, 6) is -7.85. The van der Waals surface area contributed by atoms with Crippen molar-refractivity contribution >= 4 is 47.8 Å². The fourth-order valence-corrected chi connectivity index (χ4v) is 0.300.